The van der Waals surface area contributed by atoms with Crippen LogP contribution in [0, 0.1) is 6.92 Å². The molecule has 0 radical (unpaired) electrons. The van der Waals surface area contributed by atoms with E-state index >= 15 is 0 Å². The van der Waals surface area contributed by atoms with Gasteiger partial charge in [0.25, 0.3) is 0 Å². The van der Waals surface area contributed by atoms with Gasteiger partial charge in [0, 0.05) is 29.6 Å². The van der Waals surface area contributed by atoms with Crippen LogP contribution in [-0.4, -0.2) is 45.7 Å². The molecule has 5 rings (SSSR count). The van der Waals surface area contributed by atoms with Crippen LogP contribution in [0.2, 0.25) is 0 Å². The maximum absolute atomic E-state index is 13.6. The molecule has 5 heteroatoms. The average molecular weight is 430 g/mol. The normalized spacial score (nSPS) is 20.6. The number of aryl methyl sites for hydroxylation is 1. The lowest BCUT2D eigenvalue weighted by molar-refractivity contribution is -0.158. The summed E-state index contributed by atoms with van der Waals surface area (Å²) < 4.78 is 0. The number of piperazine rings is 1. The van der Waals surface area contributed by atoms with Gasteiger partial charge in [0.05, 0.1) is 12.6 Å². The van der Waals surface area contributed by atoms with Crippen LogP contribution in [-0.2, 0) is 16.0 Å². The summed E-state index contributed by atoms with van der Waals surface area (Å²) in [6, 6.07) is 15.8. The van der Waals surface area contributed by atoms with E-state index in [2.05, 4.69) is 49.2 Å². The molecule has 2 amide bonds. The van der Waals surface area contributed by atoms with Crippen molar-refractivity contribution in [1.82, 2.24) is 14.8 Å². The average Bonchev–Trinajstić information content (AvgIpc) is 3.17. The summed E-state index contributed by atoms with van der Waals surface area (Å²) in [7, 11) is 0. The molecule has 32 heavy (non-hydrogen) atoms. The zero-order valence-corrected chi connectivity index (χ0v) is 18.9. The van der Waals surface area contributed by atoms with E-state index in [1.807, 2.05) is 23.1 Å². The Labute approximate surface area is 189 Å². The van der Waals surface area contributed by atoms with Crippen LogP contribution in [0.1, 0.15) is 61.0 Å². The number of nitrogens with one attached hydrogen (secondary N) is 1. The number of carbonyl (C=O) groups excluding carboxylic acids is 2. The Morgan fingerprint density at radius 1 is 1.03 bits per heavy atom. The number of aromatic amines is 1. The molecule has 5 nitrogen and oxygen atoms in total. The number of nitrogens with zero attached hydrogens (tertiary/aromatic N) is 2. The number of amides is 2. The maximum Gasteiger partial charge on any atom is 0.246 e. The molecule has 0 aliphatic carbocycles. The Kier molecular flexibility index (Phi) is 5.50. The van der Waals surface area contributed by atoms with E-state index in [1.165, 1.54) is 12.0 Å². The molecule has 0 spiro atoms. The smallest absolute Gasteiger partial charge is 0.246 e. The monoisotopic (exact) mass is 429 g/mol. The van der Waals surface area contributed by atoms with Crippen molar-refractivity contribution in [2.45, 2.75) is 58.0 Å². The fourth-order valence-corrected chi connectivity index (χ4v) is 5.43. The van der Waals surface area contributed by atoms with Crippen molar-refractivity contribution in [3.8, 4) is 0 Å². The summed E-state index contributed by atoms with van der Waals surface area (Å²) in [4.78, 5) is 34.3. The summed E-state index contributed by atoms with van der Waals surface area (Å²) in [6.07, 6.45) is 4.95. The predicted molar refractivity (Wildman–Crippen MR) is 126 cm³/mol. The molecule has 166 valence electrons. The Balaban J connectivity index is 1.57. The first kappa shape index (κ1) is 20.8. The highest BCUT2D eigenvalue weighted by Crippen LogP contribution is 2.42. The summed E-state index contributed by atoms with van der Waals surface area (Å²) in [5.74, 6) is 0.135. The highest BCUT2D eigenvalue weighted by Gasteiger charge is 2.48. The topological polar surface area (TPSA) is 56.4 Å². The zero-order chi connectivity index (χ0) is 22.2. The molecule has 2 aliphatic rings. The van der Waals surface area contributed by atoms with E-state index in [4.69, 9.17) is 0 Å². The van der Waals surface area contributed by atoms with Gasteiger partial charge in [-0.1, -0.05) is 74.2 Å². The van der Waals surface area contributed by atoms with Crippen LogP contribution in [0.15, 0.2) is 48.5 Å². The number of rotatable bonds is 6. The minimum atomic E-state index is -0.445. The molecule has 0 bridgehead atoms. The van der Waals surface area contributed by atoms with E-state index < -0.39 is 6.04 Å². The third-order valence-corrected chi connectivity index (χ3v) is 6.98. The molecule has 1 saturated heterocycles. The Bertz CT molecular complexity index is 1160. The highest BCUT2D eigenvalue weighted by atomic mass is 16.2. The fraction of sp³-hybridized carbons (Fsp3) is 0.407. The molecular formula is C27H31N3O2. The second-order valence-electron chi connectivity index (χ2n) is 9.22. The molecule has 2 atom stereocenters. The van der Waals surface area contributed by atoms with Gasteiger partial charge in [-0.2, -0.15) is 0 Å². The molecule has 2 aromatic carbocycles. The molecule has 1 aromatic heterocycles. The van der Waals surface area contributed by atoms with Crippen molar-refractivity contribution in [1.29, 1.82) is 0 Å². The molecule has 3 heterocycles. The first-order valence-electron chi connectivity index (χ1n) is 11.8. The predicted octanol–water partition coefficient (Wildman–Crippen LogP) is 4.74. The molecule has 3 aromatic rings. The van der Waals surface area contributed by atoms with Crippen molar-refractivity contribution in [2.24, 2.45) is 0 Å². The van der Waals surface area contributed by atoms with Crippen LogP contribution in [0.3, 0.4) is 0 Å². The Hall–Kier alpha value is -3.08. The van der Waals surface area contributed by atoms with Gasteiger partial charge in [-0.3, -0.25) is 9.59 Å². The molecule has 2 unspecified atom stereocenters. The lowest BCUT2D eigenvalue weighted by Gasteiger charge is -2.47. The van der Waals surface area contributed by atoms with Crippen molar-refractivity contribution in [3.05, 3.63) is 70.9 Å². The Morgan fingerprint density at radius 2 is 1.88 bits per heavy atom. The van der Waals surface area contributed by atoms with E-state index in [1.54, 1.807) is 4.90 Å². The van der Waals surface area contributed by atoms with Crippen LogP contribution >= 0.6 is 0 Å². The molecule has 0 saturated carbocycles. The number of benzene rings is 2. The van der Waals surface area contributed by atoms with Gasteiger partial charge in [0.2, 0.25) is 11.8 Å². The van der Waals surface area contributed by atoms with Gasteiger partial charge in [-0.15, -0.1) is 0 Å². The van der Waals surface area contributed by atoms with E-state index in [0.29, 0.717) is 13.0 Å². The van der Waals surface area contributed by atoms with Gasteiger partial charge in [0.1, 0.15) is 6.04 Å². The lowest BCUT2D eigenvalue weighted by Crippen LogP contribution is -2.63. The third kappa shape index (κ3) is 3.50. The second kappa shape index (κ2) is 8.45. The van der Waals surface area contributed by atoms with E-state index in [-0.39, 0.29) is 24.4 Å². The van der Waals surface area contributed by atoms with E-state index in [9.17, 15) is 9.59 Å². The maximum atomic E-state index is 13.6. The standard InChI is InChI=1S/C27H31N3O2/c1-3-4-5-8-14-29-17-24(31)30-23(27(29)32)16-21-20-12-6-7-13-22(20)28-25(21)26(30)19-11-9-10-18(2)15-19/h6-7,9-13,15,23,26,28H,3-5,8,14,16-17H2,1-2H3. The van der Waals surface area contributed by atoms with Gasteiger partial charge in [-0.25, -0.2) is 0 Å². The van der Waals surface area contributed by atoms with Crippen molar-refractivity contribution < 1.29 is 9.59 Å². The minimum absolute atomic E-state index is 0.0425. The summed E-state index contributed by atoms with van der Waals surface area (Å²) >= 11 is 0. The summed E-state index contributed by atoms with van der Waals surface area (Å²) in [6.45, 7) is 5.10. The first-order valence-corrected chi connectivity index (χ1v) is 11.8. The van der Waals surface area contributed by atoms with Gasteiger partial charge in [0.15, 0.2) is 0 Å². The highest BCUT2D eigenvalue weighted by molar-refractivity contribution is 5.97. The quantitative estimate of drug-likeness (QED) is 0.576. The number of fused-ring (bicyclic) bond motifs is 4. The third-order valence-electron chi connectivity index (χ3n) is 6.98. The van der Waals surface area contributed by atoms with Gasteiger partial charge < -0.3 is 14.8 Å². The van der Waals surface area contributed by atoms with Crippen LogP contribution < -0.4 is 0 Å². The molecule has 2 aliphatic heterocycles. The minimum Gasteiger partial charge on any atom is -0.356 e. The summed E-state index contributed by atoms with van der Waals surface area (Å²) in [5, 5.41) is 1.15. The number of aromatic nitrogens is 1. The number of hydrogen-bond acceptors (Lipinski definition) is 2. The van der Waals surface area contributed by atoms with Crippen molar-refractivity contribution in [2.75, 3.05) is 13.1 Å². The SMILES string of the molecule is CCCCCCN1CC(=O)N2C(Cc3c([nH]c4ccccc34)C2c2cccc(C)c2)C1=O. The van der Waals surface area contributed by atoms with E-state index in [0.717, 1.165) is 47.0 Å². The number of carbonyl (C=O) groups is 2. The van der Waals surface area contributed by atoms with Crippen molar-refractivity contribution >= 4 is 22.7 Å². The largest absolute Gasteiger partial charge is 0.356 e. The van der Waals surface area contributed by atoms with Crippen LogP contribution in [0.25, 0.3) is 10.9 Å². The molecule has 1 N–H and O–H groups in total. The lowest BCUT2D eigenvalue weighted by atomic mass is 9.86. The van der Waals surface area contributed by atoms with Gasteiger partial charge >= 0.3 is 0 Å². The zero-order valence-electron chi connectivity index (χ0n) is 18.9. The number of hydrogen-bond donors (Lipinski definition) is 1. The van der Waals surface area contributed by atoms with Gasteiger partial charge in [-0.05, 0) is 30.5 Å². The number of para-hydroxylation sites is 1. The first-order chi connectivity index (χ1) is 15.6. The van der Waals surface area contributed by atoms with Crippen molar-refractivity contribution in [3.63, 3.8) is 0 Å². The van der Waals surface area contributed by atoms with Crippen LogP contribution in [0.4, 0.5) is 0 Å². The number of H-pyrrole nitrogens is 1. The fourth-order valence-electron chi connectivity index (χ4n) is 5.43. The Morgan fingerprint density at radius 3 is 2.69 bits per heavy atom. The summed E-state index contributed by atoms with van der Waals surface area (Å²) in [5.41, 5.74) is 5.48. The molecule has 1 fully saturated rings. The number of unbranched alkanes of at least 4 members (excludes halogenated alkanes) is 3. The second-order valence-corrected chi connectivity index (χ2v) is 9.22. The molecular weight excluding hydrogens is 398 g/mol. The van der Waals surface area contributed by atoms with Crippen LogP contribution in [0.5, 0.6) is 0 Å².